The monoisotopic (exact) mass is 540 g/mol. The Morgan fingerprint density at radius 2 is 0.250 bits per heavy atom. The van der Waals surface area contributed by atoms with Gasteiger partial charge in [-0.3, -0.25) is 0 Å². The predicted octanol–water partition coefficient (Wildman–Crippen LogP) is -18.0. The summed E-state index contributed by atoms with van der Waals surface area (Å²) in [5.74, 6) is 0. The maximum Gasteiger partial charge on any atom is 3.00 e. The van der Waals surface area contributed by atoms with Gasteiger partial charge in [0.15, 0.2) is 0 Å². The molecule has 64 valence electrons. The minimum atomic E-state index is 0. The summed E-state index contributed by atoms with van der Waals surface area (Å²) >= 11 is 0. The molecule has 0 bridgehead atoms. The predicted molar refractivity (Wildman–Crippen MR) is 0 cm³/mol. The van der Waals surface area contributed by atoms with E-state index in [4.69, 9.17) is 0 Å². The molecular weight excluding hydrogens is 543 g/mol. The normalized spacial score (nSPS) is 0. The Kier molecular flexibility index (Phi) is 699. The van der Waals surface area contributed by atoms with E-state index in [0.29, 0.717) is 0 Å². The molecule has 8 heavy (non-hydrogen) atoms. The number of hydrogen-bond acceptors (Lipinski definition) is 0. The Balaban J connectivity index is 0. The van der Waals surface area contributed by atoms with Crippen molar-refractivity contribution in [1.82, 2.24) is 0 Å². The molecule has 0 aromatic heterocycles. The Hall–Kier alpha value is 4.26. The molecule has 0 rings (SSSR count). The minimum Gasteiger partial charge on any atom is -1.00 e. The molecule has 0 aliphatic heterocycles. The van der Waals surface area contributed by atoms with E-state index >= 15 is 0 Å². The van der Waals surface area contributed by atoms with Gasteiger partial charge in [-0.25, -0.2) is 0 Å². The quantitative estimate of drug-likeness (QED) is 0.267. The van der Waals surface area contributed by atoms with Crippen molar-refractivity contribution in [3.05, 3.63) is 0 Å². The van der Waals surface area contributed by atoms with Gasteiger partial charge in [0, 0.05) is 0 Å². The first-order chi connectivity index (χ1) is 0. The molecule has 8 heteroatoms. The average Bonchev–Trinajstić information content (AvgIpc) is 0. The van der Waals surface area contributed by atoms with Gasteiger partial charge >= 0.3 is 75.5 Å². The van der Waals surface area contributed by atoms with Crippen molar-refractivity contribution in [3.8, 4) is 0 Å². The van der Waals surface area contributed by atoms with Gasteiger partial charge in [0.1, 0.15) is 0 Å². The van der Waals surface area contributed by atoms with E-state index in [1.165, 1.54) is 0 Å². The Bertz CT molecular complexity index is 6.49. The summed E-state index contributed by atoms with van der Waals surface area (Å²) in [5, 5.41) is 0. The molecule has 0 aliphatic carbocycles. The van der Waals surface area contributed by atoms with Crippen molar-refractivity contribution in [2.24, 2.45) is 0 Å². The first-order valence-electron chi connectivity index (χ1n) is 0. The molecule has 0 fully saturated rings. The Morgan fingerprint density at radius 1 is 0.250 bits per heavy atom. The van der Waals surface area contributed by atoms with Gasteiger partial charge in [-0.15, -0.1) is 0 Å². The van der Waals surface area contributed by atoms with Crippen molar-refractivity contribution in [2.75, 3.05) is 0 Å². The van der Waals surface area contributed by atoms with Crippen LogP contribution >= 0.6 is 0 Å². The third kappa shape index (κ3) is 48.5. The van der Waals surface area contributed by atoms with Crippen molar-refractivity contribution in [3.63, 3.8) is 0 Å². The minimum absolute atomic E-state index is 0. The summed E-state index contributed by atoms with van der Waals surface area (Å²) < 4.78 is 0. The van der Waals surface area contributed by atoms with E-state index in [1.807, 2.05) is 0 Å². The van der Waals surface area contributed by atoms with Crippen LogP contribution < -0.4 is 74.4 Å². The van der Waals surface area contributed by atoms with Crippen LogP contribution in [0.3, 0.4) is 0 Å². The summed E-state index contributed by atoms with van der Waals surface area (Å²) in [6.07, 6.45) is 0. The van der Waals surface area contributed by atoms with Gasteiger partial charge in [0.2, 0.25) is 0 Å². The van der Waals surface area contributed by atoms with Crippen LogP contribution in [0.4, 0.5) is 0 Å². The fraction of sp³-hybridized carbons (Fsp3) is 0. The second kappa shape index (κ2) is 65.3. The molecule has 0 aromatic rings. The van der Waals surface area contributed by atoms with Crippen molar-refractivity contribution < 1.29 is 150 Å². The SMILES string of the molecule is [Cl-].[Cl-].[Cl-].[Cl-].[Cl-].[Cl-].[Ho+3].[Ho+3]. The van der Waals surface area contributed by atoms with Crippen LogP contribution in [0, 0.1) is 75.5 Å². The molecule has 0 spiro atoms. The fourth-order valence-electron chi connectivity index (χ4n) is 0. The van der Waals surface area contributed by atoms with Gasteiger partial charge in [0.25, 0.3) is 0 Å². The van der Waals surface area contributed by atoms with Crippen LogP contribution in [0.1, 0.15) is 0 Å². The van der Waals surface area contributed by atoms with Gasteiger partial charge in [-0.2, -0.15) is 0 Å². The number of rotatable bonds is 0. The molecule has 0 heterocycles. The van der Waals surface area contributed by atoms with Crippen LogP contribution in [0.5, 0.6) is 0 Å². The second-order valence-electron chi connectivity index (χ2n) is 0. The zero-order valence-electron chi connectivity index (χ0n) is 2.87. The van der Waals surface area contributed by atoms with E-state index in [9.17, 15) is 0 Å². The van der Waals surface area contributed by atoms with Crippen LogP contribution in [-0.4, -0.2) is 0 Å². The van der Waals surface area contributed by atoms with Crippen molar-refractivity contribution in [2.45, 2.75) is 0 Å². The van der Waals surface area contributed by atoms with Crippen LogP contribution in [0.25, 0.3) is 0 Å². The fourth-order valence-corrected chi connectivity index (χ4v) is 0. The summed E-state index contributed by atoms with van der Waals surface area (Å²) in [5.41, 5.74) is 0. The zero-order chi connectivity index (χ0) is 0. The molecule has 0 nitrogen and oxygen atoms in total. The van der Waals surface area contributed by atoms with Crippen molar-refractivity contribution >= 4 is 0 Å². The first kappa shape index (κ1) is 85.7. The number of halogens is 6. The van der Waals surface area contributed by atoms with E-state index < -0.39 is 0 Å². The van der Waals surface area contributed by atoms with Crippen molar-refractivity contribution in [1.29, 1.82) is 0 Å². The van der Waals surface area contributed by atoms with E-state index in [1.54, 1.807) is 0 Å². The van der Waals surface area contributed by atoms with E-state index in [2.05, 4.69) is 0 Å². The van der Waals surface area contributed by atoms with Gasteiger partial charge in [-0.05, 0) is 0 Å². The molecule has 0 saturated heterocycles. The standard InChI is InChI=1S/6ClH.2Ho/h6*1H;;/q;;;;;;2*+3/p-6. The van der Waals surface area contributed by atoms with Crippen LogP contribution in [0.15, 0.2) is 0 Å². The molecule has 0 aliphatic rings. The van der Waals surface area contributed by atoms with Crippen LogP contribution in [0.2, 0.25) is 0 Å². The zero-order valence-corrected chi connectivity index (χ0v) is 11.3. The van der Waals surface area contributed by atoms with Gasteiger partial charge in [0.05, 0.1) is 0 Å². The molecule has 0 radical (unpaired) electrons. The van der Waals surface area contributed by atoms with E-state index in [0.717, 1.165) is 0 Å². The van der Waals surface area contributed by atoms with E-state index in [-0.39, 0.29) is 150 Å². The Morgan fingerprint density at radius 3 is 0.250 bits per heavy atom. The molecule has 0 unspecified atom stereocenters. The molecule has 0 aromatic carbocycles. The molecular formula is Cl6Ho2. The summed E-state index contributed by atoms with van der Waals surface area (Å²) in [4.78, 5) is 0. The topological polar surface area (TPSA) is 0 Å². The maximum atomic E-state index is 0. The van der Waals surface area contributed by atoms with Crippen LogP contribution in [-0.2, 0) is 0 Å². The molecule has 0 N–H and O–H groups in total. The average molecular weight is 543 g/mol. The smallest absolute Gasteiger partial charge is 1.00 e. The third-order valence-electron chi connectivity index (χ3n) is 0. The first-order valence-corrected chi connectivity index (χ1v) is 0. The second-order valence-corrected chi connectivity index (χ2v) is 0. The summed E-state index contributed by atoms with van der Waals surface area (Å²) in [6, 6.07) is 0. The summed E-state index contributed by atoms with van der Waals surface area (Å²) in [6.45, 7) is 0. The van der Waals surface area contributed by atoms with Gasteiger partial charge < -0.3 is 74.4 Å². The largest absolute Gasteiger partial charge is 3.00 e. The number of hydrogen-bond donors (Lipinski definition) is 0. The maximum absolute atomic E-state index is 0. The molecule has 0 amide bonds. The third-order valence-corrected chi connectivity index (χ3v) is 0. The Labute approximate surface area is 147 Å². The van der Waals surface area contributed by atoms with Gasteiger partial charge in [-0.1, -0.05) is 0 Å². The molecule has 0 atom stereocenters. The summed E-state index contributed by atoms with van der Waals surface area (Å²) in [7, 11) is 0. The molecule has 0 saturated carbocycles.